The second kappa shape index (κ2) is 10.8. The lowest BCUT2D eigenvalue weighted by molar-refractivity contribution is -0.156. The molecule has 0 aromatic rings. The predicted octanol–water partition coefficient (Wildman–Crippen LogP) is 4.07. The molecule has 0 aliphatic heterocycles. The van der Waals surface area contributed by atoms with Crippen LogP contribution in [0, 0.1) is 29.6 Å². The maximum atomic E-state index is 10.9. The Labute approximate surface area is 180 Å². The van der Waals surface area contributed by atoms with E-state index in [2.05, 4.69) is 18.8 Å². The van der Waals surface area contributed by atoms with E-state index in [4.69, 9.17) is 9.84 Å². The zero-order valence-corrected chi connectivity index (χ0v) is 18.3. The number of fused-ring (bicyclic) bond motifs is 1. The Morgan fingerprint density at radius 3 is 2.77 bits per heavy atom. The number of hydrogen-bond acceptors (Lipinski definition) is 4. The van der Waals surface area contributed by atoms with Crippen molar-refractivity contribution in [2.24, 2.45) is 17.8 Å². The van der Waals surface area contributed by atoms with Crippen molar-refractivity contribution in [3.05, 3.63) is 11.6 Å². The van der Waals surface area contributed by atoms with Crippen LogP contribution in [0.25, 0.3) is 0 Å². The maximum Gasteiger partial charge on any atom is 0.303 e. The van der Waals surface area contributed by atoms with Crippen molar-refractivity contribution in [3.8, 4) is 11.8 Å². The lowest BCUT2D eigenvalue weighted by Gasteiger charge is -2.57. The zero-order valence-electron chi connectivity index (χ0n) is 18.3. The molecule has 30 heavy (non-hydrogen) atoms. The van der Waals surface area contributed by atoms with Gasteiger partial charge in [0.05, 0.1) is 17.6 Å². The Balaban J connectivity index is 1.73. The molecule has 3 fully saturated rings. The minimum absolute atomic E-state index is 0.111. The number of allylic oxidation sites excluding steroid dienone is 1. The van der Waals surface area contributed by atoms with Crippen LogP contribution >= 0.6 is 0 Å². The standard InChI is InChI=1S/C25H38O5/c1-2-3-16-30-25-15-14-23(27)20(12-13-22(26)18-8-5-4-6-9-18)21(25)17-19(25)10-7-11-24(28)29/h10,18,20-23,26-27H,2-9,11,14-17H2,1H3,(H,28,29)/t20-,21-,22?,23-,25+/m0/s1. The molecule has 0 radical (unpaired) electrons. The van der Waals surface area contributed by atoms with Gasteiger partial charge in [-0.25, -0.2) is 0 Å². The highest BCUT2D eigenvalue weighted by molar-refractivity contribution is 5.66. The smallest absolute Gasteiger partial charge is 0.303 e. The topological polar surface area (TPSA) is 87.0 Å². The molecular formula is C25H38O5. The summed E-state index contributed by atoms with van der Waals surface area (Å²) in [6.45, 7) is 2.80. The molecule has 0 saturated heterocycles. The summed E-state index contributed by atoms with van der Waals surface area (Å²) in [4.78, 5) is 10.9. The number of ether oxygens (including phenoxy) is 1. The molecule has 3 aliphatic carbocycles. The summed E-state index contributed by atoms with van der Waals surface area (Å²) in [5, 5.41) is 30.2. The number of unbranched alkanes of at least 4 members (excludes halogenated alkanes) is 1. The van der Waals surface area contributed by atoms with Crippen LogP contribution in [-0.4, -0.2) is 45.7 Å². The predicted molar refractivity (Wildman–Crippen MR) is 116 cm³/mol. The second-order valence-corrected chi connectivity index (χ2v) is 9.33. The summed E-state index contributed by atoms with van der Waals surface area (Å²) >= 11 is 0. The molecule has 0 aromatic heterocycles. The zero-order chi connectivity index (χ0) is 21.6. The quantitative estimate of drug-likeness (QED) is 0.314. The molecule has 3 N–H and O–H groups in total. The minimum atomic E-state index is -0.789. The number of hydrogen-bond donors (Lipinski definition) is 3. The fourth-order valence-electron chi connectivity index (χ4n) is 5.50. The van der Waals surface area contributed by atoms with Crippen molar-refractivity contribution in [2.45, 2.75) is 102 Å². The van der Waals surface area contributed by atoms with Crippen molar-refractivity contribution < 1.29 is 24.9 Å². The first-order chi connectivity index (χ1) is 14.5. The van der Waals surface area contributed by atoms with E-state index in [0.717, 1.165) is 51.4 Å². The van der Waals surface area contributed by atoms with Gasteiger partial charge in [-0.3, -0.25) is 4.79 Å². The van der Waals surface area contributed by atoms with Crippen molar-refractivity contribution in [2.75, 3.05) is 6.61 Å². The van der Waals surface area contributed by atoms with E-state index >= 15 is 0 Å². The summed E-state index contributed by atoms with van der Waals surface area (Å²) in [6.07, 6.45) is 11.4. The lowest BCUT2D eigenvalue weighted by atomic mass is 9.53. The third-order valence-electron chi connectivity index (χ3n) is 7.34. The van der Waals surface area contributed by atoms with Gasteiger partial charge in [-0.15, -0.1) is 0 Å². The monoisotopic (exact) mass is 418 g/mol. The molecule has 0 spiro atoms. The number of aliphatic carboxylic acids is 1. The molecular weight excluding hydrogens is 380 g/mol. The fraction of sp³-hybridized carbons (Fsp3) is 0.800. The summed E-state index contributed by atoms with van der Waals surface area (Å²) in [7, 11) is 0. The Hall–Kier alpha value is -1.35. The largest absolute Gasteiger partial charge is 0.481 e. The molecule has 5 heteroatoms. The Morgan fingerprint density at radius 1 is 1.30 bits per heavy atom. The molecule has 5 atom stereocenters. The summed E-state index contributed by atoms with van der Waals surface area (Å²) in [6, 6.07) is 0. The van der Waals surface area contributed by atoms with Gasteiger partial charge in [0.1, 0.15) is 6.10 Å². The molecule has 5 nitrogen and oxygen atoms in total. The number of rotatable bonds is 8. The normalized spacial score (nSPS) is 33.8. The Bertz CT molecular complexity index is 669. The lowest BCUT2D eigenvalue weighted by Crippen LogP contribution is -2.60. The van der Waals surface area contributed by atoms with Crippen LogP contribution in [0.2, 0.25) is 0 Å². The van der Waals surface area contributed by atoms with Gasteiger partial charge in [-0.05, 0) is 56.4 Å². The first kappa shape index (κ1) is 23.3. The Morgan fingerprint density at radius 2 is 2.07 bits per heavy atom. The maximum absolute atomic E-state index is 10.9. The van der Waals surface area contributed by atoms with E-state index < -0.39 is 23.8 Å². The molecule has 3 aliphatic rings. The van der Waals surface area contributed by atoms with Gasteiger partial charge in [0.15, 0.2) is 0 Å². The van der Waals surface area contributed by atoms with E-state index in [9.17, 15) is 15.0 Å². The van der Waals surface area contributed by atoms with Crippen LogP contribution in [-0.2, 0) is 9.53 Å². The summed E-state index contributed by atoms with van der Waals surface area (Å²) < 4.78 is 6.42. The molecule has 1 unspecified atom stereocenters. The van der Waals surface area contributed by atoms with Gasteiger partial charge < -0.3 is 20.1 Å². The van der Waals surface area contributed by atoms with Gasteiger partial charge >= 0.3 is 5.97 Å². The molecule has 168 valence electrons. The molecule has 3 saturated carbocycles. The van der Waals surface area contributed by atoms with Gasteiger partial charge in [0, 0.05) is 18.9 Å². The van der Waals surface area contributed by atoms with E-state index in [1.807, 2.05) is 6.08 Å². The van der Waals surface area contributed by atoms with E-state index in [1.54, 1.807) is 0 Å². The number of aliphatic hydroxyl groups excluding tert-OH is 2. The van der Waals surface area contributed by atoms with Gasteiger partial charge in [-0.2, -0.15) is 0 Å². The number of carboxylic acids is 1. The average molecular weight is 419 g/mol. The van der Waals surface area contributed by atoms with E-state index in [1.165, 1.54) is 12.0 Å². The first-order valence-corrected chi connectivity index (χ1v) is 11.9. The van der Waals surface area contributed by atoms with Crippen molar-refractivity contribution in [1.29, 1.82) is 0 Å². The van der Waals surface area contributed by atoms with Crippen molar-refractivity contribution >= 4 is 5.97 Å². The van der Waals surface area contributed by atoms with Crippen LogP contribution < -0.4 is 0 Å². The highest BCUT2D eigenvalue weighted by atomic mass is 16.5. The summed E-state index contributed by atoms with van der Waals surface area (Å²) in [5.41, 5.74) is 0.763. The molecule has 0 amide bonds. The molecule has 3 rings (SSSR count). The summed E-state index contributed by atoms with van der Waals surface area (Å²) in [5.74, 6) is 5.72. The van der Waals surface area contributed by atoms with Crippen LogP contribution in [0.3, 0.4) is 0 Å². The van der Waals surface area contributed by atoms with Crippen molar-refractivity contribution in [3.63, 3.8) is 0 Å². The van der Waals surface area contributed by atoms with E-state index in [0.29, 0.717) is 19.4 Å². The van der Waals surface area contributed by atoms with Crippen molar-refractivity contribution in [1.82, 2.24) is 0 Å². The third kappa shape index (κ3) is 5.28. The number of carboxylic acid groups (broad SMARTS) is 1. The SMILES string of the molecule is CCCCO[C@@]12CC[C@H](O)[C@@H](C#CC(O)C3CCCCC3)[C@@H]1CC2=CCCC(=O)O. The van der Waals surface area contributed by atoms with Crippen LogP contribution in [0.1, 0.15) is 84.0 Å². The number of aliphatic hydroxyl groups is 2. The van der Waals surface area contributed by atoms with Crippen LogP contribution in [0.4, 0.5) is 0 Å². The third-order valence-corrected chi connectivity index (χ3v) is 7.34. The second-order valence-electron chi connectivity index (χ2n) is 9.33. The van der Waals surface area contributed by atoms with Gasteiger partial charge in [0.25, 0.3) is 0 Å². The molecule has 0 aromatic carbocycles. The van der Waals surface area contributed by atoms with Gasteiger partial charge in [0.2, 0.25) is 0 Å². The first-order valence-electron chi connectivity index (χ1n) is 11.9. The fourth-order valence-corrected chi connectivity index (χ4v) is 5.50. The highest BCUT2D eigenvalue weighted by Gasteiger charge is 2.58. The number of carbonyl (C=O) groups is 1. The molecule has 0 bridgehead atoms. The minimum Gasteiger partial charge on any atom is -0.481 e. The van der Waals surface area contributed by atoms with Gasteiger partial charge in [-0.1, -0.05) is 50.5 Å². The highest BCUT2D eigenvalue weighted by Crippen LogP contribution is 2.57. The van der Waals surface area contributed by atoms with E-state index in [-0.39, 0.29) is 24.2 Å². The van der Waals surface area contributed by atoms with Crippen LogP contribution in [0.5, 0.6) is 0 Å². The average Bonchev–Trinajstić information content (AvgIpc) is 2.73. The Kier molecular flexibility index (Phi) is 8.39. The van der Waals surface area contributed by atoms with Crippen LogP contribution in [0.15, 0.2) is 11.6 Å². The molecule has 0 heterocycles.